The molecule has 2 aromatic rings. The normalized spacial score (nSPS) is 16.5. The highest BCUT2D eigenvalue weighted by atomic mass is 35.5. The van der Waals surface area contributed by atoms with E-state index in [0.717, 1.165) is 35.8 Å². The van der Waals surface area contributed by atoms with Crippen LogP contribution in [0.3, 0.4) is 0 Å². The molecule has 4 rings (SSSR count). The van der Waals surface area contributed by atoms with Gasteiger partial charge in [-0.15, -0.1) is 0 Å². The topological polar surface area (TPSA) is 88.8 Å². The lowest BCUT2D eigenvalue weighted by molar-refractivity contribution is -0.139. The van der Waals surface area contributed by atoms with E-state index in [9.17, 15) is 14.4 Å². The number of halogens is 1. The van der Waals surface area contributed by atoms with Gasteiger partial charge in [0, 0.05) is 30.1 Å². The quantitative estimate of drug-likeness (QED) is 0.815. The fraction of sp³-hybridized carbons (Fsp3) is 0.389. The average molecular weight is 377 g/mol. The highest BCUT2D eigenvalue weighted by molar-refractivity contribution is 6.32. The second kappa shape index (κ2) is 6.64. The van der Waals surface area contributed by atoms with Crippen LogP contribution in [0.5, 0.6) is 5.75 Å². The molecule has 0 bridgehead atoms. The number of carbonyl (C=O) groups excluding carboxylic acids is 2. The van der Waals surface area contributed by atoms with Crippen LogP contribution in [0.1, 0.15) is 17.5 Å². The molecule has 0 saturated carbocycles. The summed E-state index contributed by atoms with van der Waals surface area (Å²) in [5.74, 6) is -0.217. The van der Waals surface area contributed by atoms with E-state index < -0.39 is 0 Å². The van der Waals surface area contributed by atoms with Crippen molar-refractivity contribution in [3.63, 3.8) is 0 Å². The SMILES string of the molecule is O=C1CN(C(=O)COc2cc3oc(=O)c4c(c3cc2Cl)CCC4)CCN1. The number of fused-ring (bicyclic) bond motifs is 3. The van der Waals surface area contributed by atoms with Crippen LogP contribution in [0.4, 0.5) is 0 Å². The Hall–Kier alpha value is -2.54. The molecule has 136 valence electrons. The predicted octanol–water partition coefficient (Wildman–Crippen LogP) is 1.27. The van der Waals surface area contributed by atoms with Crippen LogP contribution in [0, 0.1) is 0 Å². The van der Waals surface area contributed by atoms with Crippen LogP contribution in [-0.2, 0) is 22.4 Å². The Bertz CT molecular complexity index is 968. The van der Waals surface area contributed by atoms with Gasteiger partial charge in [-0.3, -0.25) is 9.59 Å². The Morgan fingerprint density at radius 2 is 2.08 bits per heavy atom. The van der Waals surface area contributed by atoms with Crippen molar-refractivity contribution < 1.29 is 18.7 Å². The second-order valence-electron chi connectivity index (χ2n) is 6.43. The molecule has 2 amide bonds. The first-order valence-corrected chi connectivity index (χ1v) is 8.86. The van der Waals surface area contributed by atoms with E-state index in [4.69, 9.17) is 20.8 Å². The van der Waals surface area contributed by atoms with Crippen molar-refractivity contribution in [2.24, 2.45) is 0 Å². The van der Waals surface area contributed by atoms with Gasteiger partial charge in [0.1, 0.15) is 11.3 Å². The molecule has 1 aliphatic carbocycles. The molecule has 1 aromatic heterocycles. The molecule has 0 atom stereocenters. The lowest BCUT2D eigenvalue weighted by Gasteiger charge is -2.26. The third-order valence-electron chi connectivity index (χ3n) is 4.77. The lowest BCUT2D eigenvalue weighted by atomic mass is 10.1. The summed E-state index contributed by atoms with van der Waals surface area (Å²) in [6.45, 7) is 0.653. The average Bonchev–Trinajstić information content (AvgIpc) is 3.11. The number of nitrogens with zero attached hydrogens (tertiary/aromatic N) is 1. The van der Waals surface area contributed by atoms with Crippen LogP contribution >= 0.6 is 11.6 Å². The number of hydrogen-bond acceptors (Lipinski definition) is 5. The summed E-state index contributed by atoms with van der Waals surface area (Å²) in [5.41, 5.74) is 1.79. The molecule has 0 unspecified atom stereocenters. The summed E-state index contributed by atoms with van der Waals surface area (Å²) >= 11 is 6.30. The highest BCUT2D eigenvalue weighted by Crippen LogP contribution is 2.34. The molecule has 1 aromatic carbocycles. The maximum Gasteiger partial charge on any atom is 0.339 e. The Kier molecular flexibility index (Phi) is 4.32. The van der Waals surface area contributed by atoms with Gasteiger partial charge in [0.2, 0.25) is 5.91 Å². The maximum absolute atomic E-state index is 12.2. The second-order valence-corrected chi connectivity index (χ2v) is 6.84. The van der Waals surface area contributed by atoms with Crippen molar-refractivity contribution in [2.75, 3.05) is 26.2 Å². The van der Waals surface area contributed by atoms with Crippen molar-refractivity contribution in [3.05, 3.63) is 38.7 Å². The van der Waals surface area contributed by atoms with Gasteiger partial charge in [0.05, 0.1) is 11.6 Å². The smallest absolute Gasteiger partial charge is 0.339 e. The zero-order valence-corrected chi connectivity index (χ0v) is 14.7. The largest absolute Gasteiger partial charge is 0.482 e. The Balaban J connectivity index is 1.56. The number of aryl methyl sites for hydroxylation is 1. The van der Waals surface area contributed by atoms with Gasteiger partial charge in [-0.05, 0) is 30.9 Å². The summed E-state index contributed by atoms with van der Waals surface area (Å²) in [4.78, 5) is 37.1. The molecule has 0 radical (unpaired) electrons. The van der Waals surface area contributed by atoms with Crippen molar-refractivity contribution in [1.82, 2.24) is 10.2 Å². The van der Waals surface area contributed by atoms with Gasteiger partial charge in [-0.25, -0.2) is 4.79 Å². The van der Waals surface area contributed by atoms with Crippen LogP contribution in [0.2, 0.25) is 5.02 Å². The number of ether oxygens (including phenoxy) is 1. The van der Waals surface area contributed by atoms with E-state index >= 15 is 0 Å². The number of rotatable bonds is 3. The maximum atomic E-state index is 12.2. The fourth-order valence-corrected chi connectivity index (χ4v) is 3.69. The first-order valence-electron chi connectivity index (χ1n) is 8.48. The van der Waals surface area contributed by atoms with E-state index in [-0.39, 0.29) is 36.3 Å². The molecule has 1 saturated heterocycles. The molecule has 7 nitrogen and oxygen atoms in total. The van der Waals surface area contributed by atoms with Crippen LogP contribution in [0.15, 0.2) is 21.3 Å². The first kappa shape index (κ1) is 16.9. The van der Waals surface area contributed by atoms with E-state index in [1.165, 1.54) is 4.90 Å². The number of amides is 2. The van der Waals surface area contributed by atoms with Gasteiger partial charge in [0.15, 0.2) is 6.61 Å². The number of carbonyl (C=O) groups is 2. The molecule has 0 spiro atoms. The lowest BCUT2D eigenvalue weighted by Crippen LogP contribution is -2.51. The minimum absolute atomic E-state index is 0.0225. The molecule has 1 fully saturated rings. The standard InChI is InChI=1S/C18H17ClN2O5/c19-13-6-12-10-2-1-3-11(10)18(24)26-14(12)7-15(13)25-9-17(23)21-5-4-20-16(22)8-21/h6-7H,1-5,8-9H2,(H,20,22). The van der Waals surface area contributed by atoms with Crippen LogP contribution in [0.25, 0.3) is 11.0 Å². The van der Waals surface area contributed by atoms with Gasteiger partial charge < -0.3 is 19.4 Å². The first-order chi connectivity index (χ1) is 12.5. The van der Waals surface area contributed by atoms with Gasteiger partial charge in [0.25, 0.3) is 5.91 Å². The van der Waals surface area contributed by atoms with Crippen molar-refractivity contribution in [3.8, 4) is 5.75 Å². The molecule has 1 aliphatic heterocycles. The molecule has 26 heavy (non-hydrogen) atoms. The number of benzene rings is 1. The molecule has 2 heterocycles. The van der Waals surface area contributed by atoms with E-state index in [1.807, 2.05) is 0 Å². The summed E-state index contributed by atoms with van der Waals surface area (Å²) in [6.07, 6.45) is 2.47. The van der Waals surface area contributed by atoms with E-state index in [0.29, 0.717) is 23.7 Å². The Morgan fingerprint density at radius 3 is 2.88 bits per heavy atom. The summed E-state index contributed by atoms with van der Waals surface area (Å²) in [5, 5.41) is 3.82. The van der Waals surface area contributed by atoms with E-state index in [1.54, 1.807) is 12.1 Å². The van der Waals surface area contributed by atoms with Gasteiger partial charge in [-0.2, -0.15) is 0 Å². The molecule has 1 N–H and O–H groups in total. The molecular weight excluding hydrogens is 360 g/mol. The number of piperazine rings is 1. The third kappa shape index (κ3) is 3.03. The van der Waals surface area contributed by atoms with Crippen molar-refractivity contribution >= 4 is 34.4 Å². The summed E-state index contributed by atoms with van der Waals surface area (Å²) < 4.78 is 10.9. The Labute approximate surface area is 153 Å². The van der Waals surface area contributed by atoms with Gasteiger partial charge in [-0.1, -0.05) is 11.6 Å². The number of nitrogens with one attached hydrogen (secondary N) is 1. The monoisotopic (exact) mass is 376 g/mol. The third-order valence-corrected chi connectivity index (χ3v) is 5.06. The summed E-state index contributed by atoms with van der Waals surface area (Å²) in [7, 11) is 0. The van der Waals surface area contributed by atoms with Crippen LogP contribution in [-0.4, -0.2) is 43.0 Å². The molecular formula is C18H17ClN2O5. The minimum atomic E-state index is -0.325. The zero-order chi connectivity index (χ0) is 18.3. The van der Waals surface area contributed by atoms with Crippen molar-refractivity contribution in [2.45, 2.75) is 19.3 Å². The zero-order valence-electron chi connectivity index (χ0n) is 14.0. The highest BCUT2D eigenvalue weighted by Gasteiger charge is 2.23. The van der Waals surface area contributed by atoms with Crippen molar-refractivity contribution in [1.29, 1.82) is 0 Å². The van der Waals surface area contributed by atoms with E-state index in [2.05, 4.69) is 5.32 Å². The Morgan fingerprint density at radius 1 is 1.27 bits per heavy atom. The predicted molar refractivity (Wildman–Crippen MR) is 94.6 cm³/mol. The van der Waals surface area contributed by atoms with Gasteiger partial charge >= 0.3 is 5.63 Å². The molecule has 8 heteroatoms. The van der Waals surface area contributed by atoms with Crippen LogP contribution < -0.4 is 15.7 Å². The fourth-order valence-electron chi connectivity index (χ4n) is 3.48. The molecule has 2 aliphatic rings. The summed E-state index contributed by atoms with van der Waals surface area (Å²) in [6, 6.07) is 3.27. The minimum Gasteiger partial charge on any atom is -0.482 e. The number of hydrogen-bond donors (Lipinski definition) is 1.